The van der Waals surface area contributed by atoms with E-state index in [9.17, 15) is 42.6 Å². The summed E-state index contributed by atoms with van der Waals surface area (Å²) in [5.74, 6) is -1.27. The van der Waals surface area contributed by atoms with Crippen molar-refractivity contribution < 1.29 is 47.3 Å². The maximum atomic E-state index is 13.5. The van der Waals surface area contributed by atoms with Crippen LogP contribution in [-0.4, -0.2) is 56.3 Å². The highest BCUT2D eigenvalue weighted by Crippen LogP contribution is 2.35. The Morgan fingerprint density at radius 3 is 2.24 bits per heavy atom. The van der Waals surface area contributed by atoms with E-state index in [1.54, 1.807) is 26.8 Å². The summed E-state index contributed by atoms with van der Waals surface area (Å²) in [7, 11) is 0. The van der Waals surface area contributed by atoms with Crippen molar-refractivity contribution in [3.8, 4) is 0 Å². The van der Waals surface area contributed by atoms with Crippen molar-refractivity contribution in [2.45, 2.75) is 32.5 Å². The smallest absolute Gasteiger partial charge is 0.443 e. The number of amides is 4. The number of quaternary nitrogens is 1. The van der Waals surface area contributed by atoms with Gasteiger partial charge in [-0.3, -0.25) is 4.79 Å². The molecule has 0 spiro atoms. The molecule has 1 aromatic heterocycles. The number of carbonyl (C=O) groups is 4. The first-order valence-electron chi connectivity index (χ1n) is 12.0. The molecule has 0 saturated heterocycles. The van der Waals surface area contributed by atoms with Crippen molar-refractivity contribution in [2.75, 3.05) is 11.4 Å². The van der Waals surface area contributed by atoms with Gasteiger partial charge < -0.3 is 14.9 Å². The normalized spacial score (nSPS) is 14.4. The Morgan fingerprint density at radius 1 is 0.976 bits per heavy atom. The van der Waals surface area contributed by atoms with Crippen molar-refractivity contribution in [1.82, 2.24) is 14.3 Å². The second-order valence-corrected chi connectivity index (χ2v) is 10.00. The van der Waals surface area contributed by atoms with Crippen molar-refractivity contribution in [2.24, 2.45) is 0 Å². The number of nitrogens with zero attached hydrogens (tertiary/aromatic N) is 4. The van der Waals surface area contributed by atoms with Crippen LogP contribution < -0.4 is 9.38 Å². The number of hydrogen-bond donors (Lipinski definition) is 2. The molecule has 11 nitrogen and oxygen atoms in total. The molecule has 1 aliphatic rings. The molecule has 41 heavy (non-hydrogen) atoms. The van der Waals surface area contributed by atoms with Crippen LogP contribution in [0.4, 0.5) is 39.1 Å². The average Bonchev–Trinajstić information content (AvgIpc) is 3.37. The minimum atomic E-state index is -4.73. The summed E-state index contributed by atoms with van der Waals surface area (Å²) in [6.07, 6.45) is -6.63. The van der Waals surface area contributed by atoms with Gasteiger partial charge in [0.2, 0.25) is 0 Å². The molecule has 1 aliphatic heterocycles. The van der Waals surface area contributed by atoms with Gasteiger partial charge in [-0.25, -0.2) is 9.69 Å². The predicted octanol–water partition coefficient (Wildman–Crippen LogP) is 6.05. The summed E-state index contributed by atoms with van der Waals surface area (Å²) in [6, 6.07) is 10.5. The quantitative estimate of drug-likeness (QED) is 0.361. The zero-order chi connectivity index (χ0) is 30.3. The molecule has 0 aliphatic carbocycles. The Kier molecular flexibility index (Phi) is 7.22. The van der Waals surface area contributed by atoms with Crippen LogP contribution in [0.5, 0.6) is 0 Å². The molecule has 0 fully saturated rings. The maximum Gasteiger partial charge on any atom is 0.531 e. The first-order valence-corrected chi connectivity index (χ1v) is 12.0. The van der Waals surface area contributed by atoms with E-state index in [0.717, 1.165) is 22.9 Å². The topological polar surface area (TPSA) is 139 Å². The lowest BCUT2D eigenvalue weighted by Gasteiger charge is -2.29. The molecule has 0 radical (unpaired) electrons. The lowest BCUT2D eigenvalue weighted by Crippen LogP contribution is -2.59. The summed E-state index contributed by atoms with van der Waals surface area (Å²) < 4.78 is 45.0. The second-order valence-electron chi connectivity index (χ2n) is 10.00. The molecule has 214 valence electrons. The molecule has 4 amide bonds. The van der Waals surface area contributed by atoms with E-state index in [2.05, 4.69) is 5.10 Å². The van der Waals surface area contributed by atoms with E-state index in [0.29, 0.717) is 16.5 Å². The Morgan fingerprint density at radius 2 is 1.63 bits per heavy atom. The Balaban J connectivity index is 1.82. The van der Waals surface area contributed by atoms with Gasteiger partial charge in [-0.05, 0) is 57.2 Å². The fourth-order valence-electron chi connectivity index (χ4n) is 4.22. The van der Waals surface area contributed by atoms with Crippen LogP contribution >= 0.6 is 0 Å². The van der Waals surface area contributed by atoms with Gasteiger partial charge >= 0.3 is 24.5 Å². The molecule has 2 N–H and O–H groups in total. The summed E-state index contributed by atoms with van der Waals surface area (Å²) in [6.45, 7) is 4.16. The summed E-state index contributed by atoms with van der Waals surface area (Å²) >= 11 is 0. The molecule has 14 heteroatoms. The number of hydrogen-bond acceptors (Lipinski definition) is 6. The third-order valence-electron chi connectivity index (χ3n) is 6.07. The van der Waals surface area contributed by atoms with E-state index < -0.39 is 58.1 Å². The Hall–Kier alpha value is -4.98. The molecule has 0 unspecified atom stereocenters. The molecule has 0 saturated carbocycles. The van der Waals surface area contributed by atoms with Gasteiger partial charge in [-0.1, -0.05) is 22.7 Å². The van der Waals surface area contributed by atoms with Crippen LogP contribution in [0.2, 0.25) is 0 Å². The third-order valence-corrected chi connectivity index (χ3v) is 6.07. The highest BCUT2D eigenvalue weighted by molar-refractivity contribution is 6.19. The molecular formula is C27H24F3N4O7+. The van der Waals surface area contributed by atoms with E-state index in [-0.39, 0.29) is 17.2 Å². The van der Waals surface area contributed by atoms with E-state index in [1.807, 2.05) is 0 Å². The predicted molar refractivity (Wildman–Crippen MR) is 139 cm³/mol. The van der Waals surface area contributed by atoms with Crippen molar-refractivity contribution in [3.63, 3.8) is 0 Å². The van der Waals surface area contributed by atoms with Crippen LogP contribution in [0.1, 0.15) is 42.3 Å². The SMILES string of the molecule is CC(C)(C)OC(=O)N(C(=O)c1cccc(C(F)(F)F)c1)c1cccc(C2=CC[N+](C(=O)O)(C(=O)O)c3ccnn32)c1. The third kappa shape index (κ3) is 5.41. The average molecular weight is 574 g/mol. The van der Waals surface area contributed by atoms with Gasteiger partial charge in [0.05, 0.1) is 23.1 Å². The fraction of sp³-hybridized carbons (Fsp3) is 0.222. The number of fused-ring (bicyclic) bond motifs is 1. The Bertz CT molecular complexity index is 1570. The number of carbonyl (C=O) groups excluding carboxylic acids is 2. The number of ether oxygens (including phenoxy) is 1. The first-order chi connectivity index (χ1) is 19.1. The van der Waals surface area contributed by atoms with E-state index in [4.69, 9.17) is 4.74 Å². The summed E-state index contributed by atoms with van der Waals surface area (Å²) in [4.78, 5) is 51.4. The van der Waals surface area contributed by atoms with Crippen molar-refractivity contribution in [3.05, 3.63) is 83.6 Å². The van der Waals surface area contributed by atoms with Gasteiger partial charge in [0.15, 0.2) is 0 Å². The lowest BCUT2D eigenvalue weighted by molar-refractivity contribution is -0.137. The molecule has 0 bridgehead atoms. The number of halogens is 3. The number of anilines is 1. The summed E-state index contributed by atoms with van der Waals surface area (Å²) in [5.41, 5.74) is -2.10. The van der Waals surface area contributed by atoms with Crippen LogP contribution in [-0.2, 0) is 10.9 Å². The highest BCUT2D eigenvalue weighted by atomic mass is 19.4. The second kappa shape index (κ2) is 10.2. The van der Waals surface area contributed by atoms with Gasteiger partial charge in [-0.15, -0.1) is 0 Å². The number of aromatic nitrogens is 2. The number of rotatable bonds is 3. The lowest BCUT2D eigenvalue weighted by atomic mass is 10.1. The zero-order valence-corrected chi connectivity index (χ0v) is 21.9. The summed E-state index contributed by atoms with van der Waals surface area (Å²) in [5, 5.41) is 23.6. The van der Waals surface area contributed by atoms with Crippen LogP contribution in [0, 0.1) is 0 Å². The number of benzene rings is 2. The van der Waals surface area contributed by atoms with Crippen molar-refractivity contribution >= 4 is 41.4 Å². The fourth-order valence-corrected chi connectivity index (χ4v) is 4.22. The van der Waals surface area contributed by atoms with Crippen LogP contribution in [0.25, 0.3) is 5.70 Å². The number of alkyl halides is 3. The first kappa shape index (κ1) is 29.0. The molecule has 4 rings (SSSR count). The minimum Gasteiger partial charge on any atom is -0.443 e. The maximum absolute atomic E-state index is 13.5. The van der Waals surface area contributed by atoms with Crippen LogP contribution in [0.15, 0.2) is 66.9 Å². The number of carboxylic acid groups (broad SMARTS) is 2. The largest absolute Gasteiger partial charge is 0.531 e. The van der Waals surface area contributed by atoms with Gasteiger partial charge in [-0.2, -0.15) is 32.5 Å². The highest BCUT2D eigenvalue weighted by Gasteiger charge is 2.52. The Labute approximate surface area is 230 Å². The monoisotopic (exact) mass is 573 g/mol. The standard InChI is InChI=1S/C27H23F3N4O7/c1-26(2,3)41-23(36)32(22(35)17-7-4-8-18(14-17)27(28,29)30)19-9-5-6-16(15-19)20-11-13-34(24(37)38,25(39)40)21-10-12-31-33(20)21/h4-12,14-15H,13H2,1-3H3,(H-,37,38,39,40)/p+1. The zero-order valence-electron chi connectivity index (χ0n) is 21.9. The molecule has 2 aromatic carbocycles. The number of imide groups is 2. The van der Waals surface area contributed by atoms with E-state index in [1.165, 1.54) is 36.5 Å². The molecule has 0 atom stereocenters. The minimum absolute atomic E-state index is 0.0726. The van der Waals surface area contributed by atoms with E-state index >= 15 is 0 Å². The van der Waals surface area contributed by atoms with Gasteiger partial charge in [0, 0.05) is 17.2 Å². The van der Waals surface area contributed by atoms with Crippen molar-refractivity contribution in [1.29, 1.82) is 0 Å². The molecule has 3 aromatic rings. The molecular weight excluding hydrogens is 549 g/mol. The van der Waals surface area contributed by atoms with Gasteiger partial charge in [0.25, 0.3) is 11.7 Å². The van der Waals surface area contributed by atoms with Crippen LogP contribution in [0.3, 0.4) is 0 Å². The van der Waals surface area contributed by atoms with Gasteiger partial charge in [0.1, 0.15) is 12.1 Å². The molecule has 2 heterocycles.